The van der Waals surface area contributed by atoms with Crippen molar-refractivity contribution in [3.8, 4) is 0 Å². The van der Waals surface area contributed by atoms with Gasteiger partial charge in [-0.05, 0) is 24.7 Å². The summed E-state index contributed by atoms with van der Waals surface area (Å²) < 4.78 is 0.542. The summed E-state index contributed by atoms with van der Waals surface area (Å²) in [6.07, 6.45) is 10.8. The summed E-state index contributed by atoms with van der Waals surface area (Å²) in [5.41, 5.74) is 1.28. The largest absolute Gasteiger partial charge is 0.312 e. The Morgan fingerprint density at radius 3 is 2.65 bits per heavy atom. The molecule has 1 N–H and O–H groups in total. The molecular formula is C15H21NS. The zero-order chi connectivity index (χ0) is 12.0. The lowest BCUT2D eigenvalue weighted by molar-refractivity contribution is 0.350. The van der Waals surface area contributed by atoms with Crippen LogP contribution in [-0.4, -0.2) is 24.1 Å². The van der Waals surface area contributed by atoms with Gasteiger partial charge in [-0.15, -0.1) is 0 Å². The summed E-state index contributed by atoms with van der Waals surface area (Å²) in [4.78, 5) is 0. The minimum atomic E-state index is 0.542. The second-order valence-corrected chi connectivity index (χ2v) is 5.96. The number of hydrogen-bond acceptors (Lipinski definition) is 2. The van der Waals surface area contributed by atoms with Crippen LogP contribution >= 0.6 is 11.8 Å². The van der Waals surface area contributed by atoms with Gasteiger partial charge in [-0.2, -0.15) is 11.8 Å². The molecule has 17 heavy (non-hydrogen) atoms. The fourth-order valence-electron chi connectivity index (χ4n) is 2.17. The van der Waals surface area contributed by atoms with Gasteiger partial charge in [-0.1, -0.05) is 48.9 Å². The summed E-state index contributed by atoms with van der Waals surface area (Å²) in [5.74, 6) is 0. The van der Waals surface area contributed by atoms with E-state index < -0.39 is 0 Å². The Hall–Kier alpha value is -0.730. The standard InChI is InChI=1S/C15H21NS/c1-17-15(10-6-11-15)13-16-12-5-9-14-7-3-2-4-8-14/h2-5,7-9,16H,6,10-13H2,1H3/b9-5+. The molecular weight excluding hydrogens is 226 g/mol. The topological polar surface area (TPSA) is 12.0 Å². The van der Waals surface area contributed by atoms with Crippen LogP contribution in [0.5, 0.6) is 0 Å². The smallest absolute Gasteiger partial charge is 0.0281 e. The second kappa shape index (κ2) is 6.27. The van der Waals surface area contributed by atoms with Gasteiger partial charge in [0.05, 0.1) is 0 Å². The summed E-state index contributed by atoms with van der Waals surface area (Å²) in [6.45, 7) is 2.12. The van der Waals surface area contributed by atoms with Gasteiger partial charge in [0.15, 0.2) is 0 Å². The lowest BCUT2D eigenvalue weighted by Gasteiger charge is -2.40. The average molecular weight is 247 g/mol. The van der Waals surface area contributed by atoms with Gasteiger partial charge in [0.2, 0.25) is 0 Å². The van der Waals surface area contributed by atoms with Crippen LogP contribution in [0.25, 0.3) is 6.08 Å². The SMILES string of the molecule is CSC1(CNC/C=C/c2ccccc2)CCC1. The first-order valence-electron chi connectivity index (χ1n) is 6.32. The fourth-order valence-corrected chi connectivity index (χ4v) is 3.11. The van der Waals surface area contributed by atoms with Gasteiger partial charge in [0.25, 0.3) is 0 Å². The van der Waals surface area contributed by atoms with Crippen LogP contribution in [-0.2, 0) is 0 Å². The Labute approximate surface area is 109 Å². The molecule has 0 spiro atoms. The van der Waals surface area contributed by atoms with Crippen molar-refractivity contribution in [1.29, 1.82) is 0 Å². The first-order chi connectivity index (χ1) is 8.35. The third-order valence-electron chi connectivity index (χ3n) is 3.52. The first kappa shape index (κ1) is 12.7. The molecule has 0 bridgehead atoms. The zero-order valence-corrected chi connectivity index (χ0v) is 11.3. The molecule has 1 aromatic carbocycles. The van der Waals surface area contributed by atoms with E-state index in [4.69, 9.17) is 0 Å². The molecule has 0 atom stereocenters. The van der Waals surface area contributed by atoms with Crippen LogP contribution < -0.4 is 5.32 Å². The minimum absolute atomic E-state index is 0.542. The molecule has 0 amide bonds. The minimum Gasteiger partial charge on any atom is -0.312 e. The molecule has 92 valence electrons. The Bertz CT molecular complexity index is 349. The second-order valence-electron chi connectivity index (χ2n) is 4.68. The van der Waals surface area contributed by atoms with Gasteiger partial charge < -0.3 is 5.32 Å². The van der Waals surface area contributed by atoms with E-state index in [2.05, 4.69) is 54.1 Å². The molecule has 1 aromatic rings. The lowest BCUT2D eigenvalue weighted by Crippen LogP contribution is -2.43. The third kappa shape index (κ3) is 3.62. The quantitative estimate of drug-likeness (QED) is 0.771. The zero-order valence-electron chi connectivity index (χ0n) is 10.5. The summed E-state index contributed by atoms with van der Waals surface area (Å²) in [5, 5.41) is 3.54. The number of rotatable bonds is 6. The van der Waals surface area contributed by atoms with E-state index in [0.717, 1.165) is 13.1 Å². The lowest BCUT2D eigenvalue weighted by atomic mass is 9.84. The van der Waals surface area contributed by atoms with Crippen LogP contribution in [0.1, 0.15) is 24.8 Å². The van der Waals surface area contributed by atoms with Crippen molar-refractivity contribution in [3.05, 3.63) is 42.0 Å². The monoisotopic (exact) mass is 247 g/mol. The Balaban J connectivity index is 1.68. The van der Waals surface area contributed by atoms with Crippen molar-refractivity contribution < 1.29 is 0 Å². The molecule has 1 saturated carbocycles. The predicted octanol–water partition coefficient (Wildman–Crippen LogP) is 3.58. The highest BCUT2D eigenvalue weighted by Crippen LogP contribution is 2.42. The van der Waals surface area contributed by atoms with Crippen molar-refractivity contribution in [3.63, 3.8) is 0 Å². The summed E-state index contributed by atoms with van der Waals surface area (Å²) >= 11 is 2.03. The molecule has 0 aliphatic heterocycles. The molecule has 0 saturated heterocycles. The molecule has 2 heteroatoms. The molecule has 0 aromatic heterocycles. The number of thioether (sulfide) groups is 1. The van der Waals surface area contributed by atoms with Gasteiger partial charge in [0.1, 0.15) is 0 Å². The van der Waals surface area contributed by atoms with Crippen LogP contribution in [0.15, 0.2) is 36.4 Å². The highest BCUT2D eigenvalue weighted by Gasteiger charge is 2.35. The maximum atomic E-state index is 3.54. The van der Waals surface area contributed by atoms with Crippen molar-refractivity contribution in [2.45, 2.75) is 24.0 Å². The van der Waals surface area contributed by atoms with Gasteiger partial charge >= 0.3 is 0 Å². The molecule has 0 radical (unpaired) electrons. The molecule has 1 nitrogen and oxygen atoms in total. The van der Waals surface area contributed by atoms with Gasteiger partial charge in [-0.3, -0.25) is 0 Å². The highest BCUT2D eigenvalue weighted by atomic mass is 32.2. The molecule has 1 aliphatic rings. The van der Waals surface area contributed by atoms with E-state index in [0.29, 0.717) is 4.75 Å². The molecule has 1 fully saturated rings. The van der Waals surface area contributed by atoms with E-state index in [1.54, 1.807) is 0 Å². The molecule has 0 unspecified atom stereocenters. The highest BCUT2D eigenvalue weighted by molar-refractivity contribution is 8.00. The average Bonchev–Trinajstić information content (AvgIpc) is 2.33. The maximum Gasteiger partial charge on any atom is 0.0281 e. The van der Waals surface area contributed by atoms with E-state index in [1.165, 1.54) is 24.8 Å². The Kier molecular flexibility index (Phi) is 4.69. The van der Waals surface area contributed by atoms with Crippen LogP contribution in [0, 0.1) is 0 Å². The number of nitrogens with one attached hydrogen (secondary N) is 1. The van der Waals surface area contributed by atoms with Crippen molar-refractivity contribution >= 4 is 17.8 Å². The molecule has 0 heterocycles. The van der Waals surface area contributed by atoms with Gasteiger partial charge in [-0.25, -0.2) is 0 Å². The Morgan fingerprint density at radius 1 is 1.29 bits per heavy atom. The van der Waals surface area contributed by atoms with Crippen molar-refractivity contribution in [2.75, 3.05) is 19.3 Å². The van der Waals surface area contributed by atoms with Crippen molar-refractivity contribution in [1.82, 2.24) is 5.32 Å². The van der Waals surface area contributed by atoms with Crippen LogP contribution in [0.3, 0.4) is 0 Å². The Morgan fingerprint density at radius 2 is 2.06 bits per heavy atom. The van der Waals surface area contributed by atoms with E-state index in [9.17, 15) is 0 Å². The predicted molar refractivity (Wildman–Crippen MR) is 78.4 cm³/mol. The van der Waals surface area contributed by atoms with E-state index in [1.807, 2.05) is 11.8 Å². The molecule has 2 rings (SSSR count). The first-order valence-corrected chi connectivity index (χ1v) is 7.55. The molecule has 1 aliphatic carbocycles. The van der Waals surface area contributed by atoms with Crippen LogP contribution in [0.4, 0.5) is 0 Å². The van der Waals surface area contributed by atoms with Crippen LogP contribution in [0.2, 0.25) is 0 Å². The third-order valence-corrected chi connectivity index (χ3v) is 4.94. The van der Waals surface area contributed by atoms with Gasteiger partial charge in [0, 0.05) is 17.8 Å². The maximum absolute atomic E-state index is 3.54. The van der Waals surface area contributed by atoms with E-state index >= 15 is 0 Å². The summed E-state index contributed by atoms with van der Waals surface area (Å²) in [6, 6.07) is 10.5. The van der Waals surface area contributed by atoms with E-state index in [-0.39, 0.29) is 0 Å². The fraction of sp³-hybridized carbons (Fsp3) is 0.467. The van der Waals surface area contributed by atoms with Crippen molar-refractivity contribution in [2.24, 2.45) is 0 Å². The number of hydrogen-bond donors (Lipinski definition) is 1. The number of benzene rings is 1. The summed E-state index contributed by atoms with van der Waals surface area (Å²) in [7, 11) is 0. The normalized spacial score (nSPS) is 18.2.